The SMILES string of the molecule is CCC(C)c1nc2c(C)cc(Br)cn2c1C=O. The van der Waals surface area contributed by atoms with Crippen molar-refractivity contribution in [3.05, 3.63) is 33.7 Å². The van der Waals surface area contributed by atoms with Gasteiger partial charge in [-0.05, 0) is 40.9 Å². The third-order valence-electron chi connectivity index (χ3n) is 3.13. The van der Waals surface area contributed by atoms with Crippen molar-refractivity contribution in [3.63, 3.8) is 0 Å². The summed E-state index contributed by atoms with van der Waals surface area (Å²) in [5, 5.41) is 0. The molecule has 0 aliphatic carbocycles. The highest BCUT2D eigenvalue weighted by Gasteiger charge is 2.17. The summed E-state index contributed by atoms with van der Waals surface area (Å²) < 4.78 is 2.83. The first-order valence-corrected chi connectivity index (χ1v) is 6.51. The monoisotopic (exact) mass is 294 g/mol. The number of nitrogens with zero attached hydrogens (tertiary/aromatic N) is 2. The van der Waals surface area contributed by atoms with Gasteiger partial charge in [0.05, 0.1) is 5.69 Å². The number of aryl methyl sites for hydroxylation is 1. The van der Waals surface area contributed by atoms with Crippen LogP contribution in [-0.4, -0.2) is 15.7 Å². The molecule has 2 aromatic rings. The van der Waals surface area contributed by atoms with E-state index in [0.29, 0.717) is 11.6 Å². The second-order valence-corrected chi connectivity index (χ2v) is 5.26. The molecular weight excluding hydrogens is 280 g/mol. The van der Waals surface area contributed by atoms with Crippen molar-refractivity contribution in [1.29, 1.82) is 0 Å². The number of imidazole rings is 1. The van der Waals surface area contributed by atoms with Crippen molar-refractivity contribution in [2.24, 2.45) is 0 Å². The Morgan fingerprint density at radius 2 is 2.29 bits per heavy atom. The minimum Gasteiger partial charge on any atom is -0.296 e. The number of rotatable bonds is 3. The summed E-state index contributed by atoms with van der Waals surface area (Å²) in [5.74, 6) is 0.299. The van der Waals surface area contributed by atoms with E-state index in [2.05, 4.69) is 34.8 Å². The van der Waals surface area contributed by atoms with Gasteiger partial charge < -0.3 is 0 Å². The Balaban J connectivity index is 2.79. The van der Waals surface area contributed by atoms with E-state index in [9.17, 15) is 4.79 Å². The molecule has 90 valence electrons. The van der Waals surface area contributed by atoms with Gasteiger partial charge in [-0.25, -0.2) is 4.98 Å². The summed E-state index contributed by atoms with van der Waals surface area (Å²) in [5.41, 5.74) is 3.49. The third kappa shape index (κ3) is 2.02. The molecule has 0 N–H and O–H groups in total. The highest BCUT2D eigenvalue weighted by molar-refractivity contribution is 9.10. The van der Waals surface area contributed by atoms with Gasteiger partial charge in [0, 0.05) is 16.6 Å². The molecule has 1 atom stereocenters. The fourth-order valence-corrected chi connectivity index (χ4v) is 2.52. The molecule has 2 rings (SSSR count). The van der Waals surface area contributed by atoms with E-state index in [-0.39, 0.29) is 0 Å². The maximum Gasteiger partial charge on any atom is 0.168 e. The maximum atomic E-state index is 11.3. The zero-order valence-corrected chi connectivity index (χ0v) is 11.8. The molecule has 2 heterocycles. The molecular formula is C13H15BrN2O. The Morgan fingerprint density at radius 1 is 1.59 bits per heavy atom. The normalized spacial score (nSPS) is 12.9. The first-order chi connectivity index (χ1) is 8.08. The summed E-state index contributed by atoms with van der Waals surface area (Å²) in [6.45, 7) is 6.20. The zero-order valence-electron chi connectivity index (χ0n) is 10.2. The van der Waals surface area contributed by atoms with Gasteiger partial charge in [-0.2, -0.15) is 0 Å². The molecule has 0 aliphatic rings. The third-order valence-corrected chi connectivity index (χ3v) is 3.56. The van der Waals surface area contributed by atoms with Crippen molar-refractivity contribution in [1.82, 2.24) is 9.38 Å². The van der Waals surface area contributed by atoms with Gasteiger partial charge in [0.1, 0.15) is 11.3 Å². The van der Waals surface area contributed by atoms with Gasteiger partial charge >= 0.3 is 0 Å². The molecule has 2 aromatic heterocycles. The van der Waals surface area contributed by atoms with Crippen LogP contribution in [0.1, 0.15) is 47.9 Å². The number of hydrogen-bond donors (Lipinski definition) is 0. The van der Waals surface area contributed by atoms with E-state index >= 15 is 0 Å². The molecule has 0 spiro atoms. The average Bonchev–Trinajstić information content (AvgIpc) is 2.66. The van der Waals surface area contributed by atoms with E-state index in [1.165, 1.54) is 0 Å². The van der Waals surface area contributed by atoms with Gasteiger partial charge in [-0.3, -0.25) is 9.20 Å². The number of pyridine rings is 1. The number of hydrogen-bond acceptors (Lipinski definition) is 2. The number of carbonyl (C=O) groups excluding carboxylic acids is 1. The van der Waals surface area contributed by atoms with Gasteiger partial charge in [0.25, 0.3) is 0 Å². The van der Waals surface area contributed by atoms with Crippen LogP contribution in [0.2, 0.25) is 0 Å². The van der Waals surface area contributed by atoms with Crippen molar-refractivity contribution >= 4 is 27.9 Å². The molecule has 0 saturated heterocycles. The van der Waals surface area contributed by atoms with Crippen LogP contribution in [0.25, 0.3) is 5.65 Å². The largest absolute Gasteiger partial charge is 0.296 e. The molecule has 1 unspecified atom stereocenters. The lowest BCUT2D eigenvalue weighted by Crippen LogP contribution is -1.98. The molecule has 0 radical (unpaired) electrons. The van der Waals surface area contributed by atoms with Crippen molar-refractivity contribution in [2.75, 3.05) is 0 Å². The van der Waals surface area contributed by atoms with Crippen LogP contribution < -0.4 is 0 Å². The Kier molecular flexibility index (Phi) is 3.33. The van der Waals surface area contributed by atoms with Crippen molar-refractivity contribution in [3.8, 4) is 0 Å². The number of aromatic nitrogens is 2. The molecule has 0 aromatic carbocycles. The fraction of sp³-hybridized carbons (Fsp3) is 0.385. The quantitative estimate of drug-likeness (QED) is 0.809. The predicted octanol–water partition coefficient (Wildman–Crippen LogP) is 3.73. The first-order valence-electron chi connectivity index (χ1n) is 5.71. The summed E-state index contributed by atoms with van der Waals surface area (Å²) >= 11 is 3.45. The van der Waals surface area contributed by atoms with E-state index in [1.54, 1.807) is 0 Å². The van der Waals surface area contributed by atoms with Crippen LogP contribution in [0.4, 0.5) is 0 Å². The number of carbonyl (C=O) groups is 1. The Morgan fingerprint density at radius 3 is 2.88 bits per heavy atom. The van der Waals surface area contributed by atoms with Gasteiger partial charge in [-0.1, -0.05) is 13.8 Å². The van der Waals surface area contributed by atoms with Crippen molar-refractivity contribution < 1.29 is 4.79 Å². The zero-order chi connectivity index (χ0) is 12.6. The van der Waals surface area contributed by atoms with Crippen LogP contribution >= 0.6 is 15.9 Å². The van der Waals surface area contributed by atoms with Gasteiger partial charge in [-0.15, -0.1) is 0 Å². The van der Waals surface area contributed by atoms with Crippen LogP contribution in [0, 0.1) is 6.92 Å². The molecule has 0 saturated carbocycles. The summed E-state index contributed by atoms with van der Waals surface area (Å²) in [6.07, 6.45) is 3.77. The molecule has 4 heteroatoms. The molecule has 0 amide bonds. The van der Waals surface area contributed by atoms with E-state index in [0.717, 1.165) is 34.1 Å². The lowest BCUT2D eigenvalue weighted by molar-refractivity contribution is 0.111. The molecule has 0 aliphatic heterocycles. The number of aldehydes is 1. The number of fused-ring (bicyclic) bond motifs is 1. The van der Waals surface area contributed by atoms with E-state index < -0.39 is 0 Å². The van der Waals surface area contributed by atoms with Crippen LogP contribution in [0.3, 0.4) is 0 Å². The van der Waals surface area contributed by atoms with E-state index in [1.807, 2.05) is 23.6 Å². The molecule has 0 fully saturated rings. The maximum absolute atomic E-state index is 11.3. The highest BCUT2D eigenvalue weighted by atomic mass is 79.9. The standard InChI is InChI=1S/C13H15BrN2O/c1-4-8(2)12-11(7-17)16-6-10(14)5-9(3)13(16)15-12/h5-8H,4H2,1-3H3. The van der Waals surface area contributed by atoms with Crippen LogP contribution in [0.15, 0.2) is 16.7 Å². The van der Waals surface area contributed by atoms with Crippen molar-refractivity contribution in [2.45, 2.75) is 33.1 Å². The summed E-state index contributed by atoms with van der Waals surface area (Å²) in [6, 6.07) is 2.01. The topological polar surface area (TPSA) is 34.4 Å². The summed E-state index contributed by atoms with van der Waals surface area (Å²) in [7, 11) is 0. The number of halogens is 1. The Labute approximate surface area is 109 Å². The highest BCUT2D eigenvalue weighted by Crippen LogP contribution is 2.25. The van der Waals surface area contributed by atoms with Crippen LogP contribution in [-0.2, 0) is 0 Å². The predicted molar refractivity (Wildman–Crippen MR) is 71.7 cm³/mol. The minimum absolute atomic E-state index is 0.299. The van der Waals surface area contributed by atoms with Gasteiger partial charge in [0.2, 0.25) is 0 Å². The lowest BCUT2D eigenvalue weighted by atomic mass is 10.0. The Bertz CT molecular complexity index is 574. The van der Waals surface area contributed by atoms with Crippen LogP contribution in [0.5, 0.6) is 0 Å². The second kappa shape index (κ2) is 4.61. The average molecular weight is 295 g/mol. The fourth-order valence-electron chi connectivity index (χ4n) is 1.98. The van der Waals surface area contributed by atoms with Gasteiger partial charge in [0.15, 0.2) is 6.29 Å². The van der Waals surface area contributed by atoms with E-state index in [4.69, 9.17) is 0 Å². The Hall–Kier alpha value is -1.16. The second-order valence-electron chi connectivity index (χ2n) is 4.34. The summed E-state index contributed by atoms with van der Waals surface area (Å²) in [4.78, 5) is 15.9. The first kappa shape index (κ1) is 12.3. The lowest BCUT2D eigenvalue weighted by Gasteiger charge is -2.04. The minimum atomic E-state index is 0.299. The molecule has 17 heavy (non-hydrogen) atoms. The molecule has 0 bridgehead atoms. The smallest absolute Gasteiger partial charge is 0.168 e. The molecule has 3 nitrogen and oxygen atoms in total.